The van der Waals surface area contributed by atoms with E-state index in [-0.39, 0.29) is 5.69 Å². The highest BCUT2D eigenvalue weighted by Crippen LogP contribution is 2.31. The van der Waals surface area contributed by atoms with Crippen molar-refractivity contribution < 1.29 is 14.6 Å². The van der Waals surface area contributed by atoms with Gasteiger partial charge in [-0.15, -0.1) is 0 Å². The van der Waals surface area contributed by atoms with Crippen LogP contribution in [0.2, 0.25) is 0 Å². The number of carbonyl (C=O) groups is 1. The highest BCUT2D eigenvalue weighted by molar-refractivity contribution is 5.96. The maximum absolute atomic E-state index is 11.3. The van der Waals surface area contributed by atoms with Crippen molar-refractivity contribution in [1.82, 2.24) is 14.5 Å². The molecule has 0 radical (unpaired) electrons. The summed E-state index contributed by atoms with van der Waals surface area (Å²) in [7, 11) is 1.71. The van der Waals surface area contributed by atoms with Crippen molar-refractivity contribution in [3.8, 4) is 11.6 Å². The number of para-hydroxylation sites is 1. The summed E-state index contributed by atoms with van der Waals surface area (Å²) in [6.45, 7) is 0. The van der Waals surface area contributed by atoms with E-state index in [4.69, 9.17) is 4.74 Å². The number of aromatic nitrogens is 3. The molecule has 7 heteroatoms. The van der Waals surface area contributed by atoms with Gasteiger partial charge in [0.15, 0.2) is 5.75 Å². The summed E-state index contributed by atoms with van der Waals surface area (Å²) in [4.78, 5) is 19.9. The Hall–Kier alpha value is -3.09. The van der Waals surface area contributed by atoms with Crippen molar-refractivity contribution in [1.29, 1.82) is 0 Å². The molecule has 0 bridgehead atoms. The number of fused-ring (bicyclic) bond motifs is 1. The largest absolute Gasteiger partial charge is 0.477 e. The van der Waals surface area contributed by atoms with Gasteiger partial charge in [-0.25, -0.2) is 9.78 Å². The van der Waals surface area contributed by atoms with Gasteiger partial charge in [-0.1, -0.05) is 12.1 Å². The third kappa shape index (κ3) is 2.64. The van der Waals surface area contributed by atoms with Gasteiger partial charge in [0.25, 0.3) is 0 Å². The molecular weight excluding hydrogens is 308 g/mol. The van der Waals surface area contributed by atoms with Gasteiger partial charge in [0.2, 0.25) is 11.8 Å². The minimum atomic E-state index is -0.974. The third-order valence-electron chi connectivity index (χ3n) is 3.99. The van der Waals surface area contributed by atoms with E-state index in [1.165, 1.54) is 0 Å². The molecular formula is C17H16N4O3. The van der Waals surface area contributed by atoms with E-state index in [0.717, 1.165) is 18.2 Å². The second kappa shape index (κ2) is 5.52. The molecule has 3 aromatic rings. The number of carboxylic acids is 1. The highest BCUT2D eigenvalue weighted by Gasteiger charge is 2.22. The van der Waals surface area contributed by atoms with Crippen molar-refractivity contribution >= 4 is 22.8 Å². The lowest BCUT2D eigenvalue weighted by molar-refractivity contribution is 0.0687. The molecule has 1 aliphatic carbocycles. The van der Waals surface area contributed by atoms with E-state index in [2.05, 4.69) is 15.3 Å². The topological polar surface area (TPSA) is 89.3 Å². The molecule has 0 aliphatic heterocycles. The molecule has 1 saturated carbocycles. The van der Waals surface area contributed by atoms with Crippen molar-refractivity contribution in [3.63, 3.8) is 0 Å². The summed E-state index contributed by atoms with van der Waals surface area (Å²) in [5, 5.41) is 13.3. The summed E-state index contributed by atoms with van der Waals surface area (Å²) in [6.07, 6.45) is 3.91. The molecule has 0 atom stereocenters. The van der Waals surface area contributed by atoms with Crippen LogP contribution in [0.5, 0.6) is 11.6 Å². The molecule has 1 fully saturated rings. The van der Waals surface area contributed by atoms with Crippen molar-refractivity contribution in [2.75, 3.05) is 5.32 Å². The zero-order valence-electron chi connectivity index (χ0n) is 13.1. The number of ether oxygens (including phenoxy) is 1. The second-order valence-electron chi connectivity index (χ2n) is 5.83. The lowest BCUT2D eigenvalue weighted by Crippen LogP contribution is -2.06. The van der Waals surface area contributed by atoms with E-state index in [0.29, 0.717) is 29.1 Å². The van der Waals surface area contributed by atoms with Crippen LogP contribution in [-0.4, -0.2) is 31.7 Å². The molecule has 1 aromatic carbocycles. The Labute approximate surface area is 137 Å². The summed E-state index contributed by atoms with van der Waals surface area (Å²) in [5.41, 5.74) is 0.921. The average Bonchev–Trinajstić information content (AvgIpc) is 3.29. The number of benzene rings is 1. The quantitative estimate of drug-likeness (QED) is 0.750. The first-order valence-corrected chi connectivity index (χ1v) is 7.71. The van der Waals surface area contributed by atoms with Gasteiger partial charge in [0, 0.05) is 30.7 Å². The number of hydrogen-bond donors (Lipinski definition) is 2. The highest BCUT2D eigenvalue weighted by atomic mass is 16.5. The molecule has 24 heavy (non-hydrogen) atoms. The standard InChI is InChI=1S/C17H16N4O3/c1-21-12(16(22)23)9-10-3-2-4-13(15(10)21)24-14-7-8-18-17(20-14)19-11-5-6-11/h2-4,7-9,11H,5-6H2,1H3,(H,22,23)(H,18,19,20). The van der Waals surface area contributed by atoms with E-state index < -0.39 is 5.97 Å². The molecule has 0 spiro atoms. The van der Waals surface area contributed by atoms with Crippen molar-refractivity contribution in [2.45, 2.75) is 18.9 Å². The van der Waals surface area contributed by atoms with Crippen LogP contribution in [-0.2, 0) is 7.05 Å². The number of carboxylic acid groups (broad SMARTS) is 1. The Morgan fingerprint density at radius 2 is 2.21 bits per heavy atom. The number of aromatic carboxylic acids is 1. The molecule has 1 aliphatic rings. The Bertz CT molecular complexity index is 931. The predicted molar refractivity (Wildman–Crippen MR) is 88.6 cm³/mol. The van der Waals surface area contributed by atoms with E-state index in [1.54, 1.807) is 36.0 Å². The number of nitrogens with zero attached hydrogens (tertiary/aromatic N) is 3. The Morgan fingerprint density at radius 3 is 2.96 bits per heavy atom. The normalized spacial score (nSPS) is 13.9. The van der Waals surface area contributed by atoms with Gasteiger partial charge in [-0.3, -0.25) is 0 Å². The molecule has 0 amide bonds. The molecule has 2 heterocycles. The van der Waals surface area contributed by atoms with E-state index in [1.807, 2.05) is 12.1 Å². The number of aryl methyl sites for hydroxylation is 1. The molecule has 2 aromatic heterocycles. The molecule has 7 nitrogen and oxygen atoms in total. The fraction of sp³-hybridized carbons (Fsp3) is 0.235. The summed E-state index contributed by atoms with van der Waals surface area (Å²) in [6, 6.07) is 9.24. The van der Waals surface area contributed by atoms with Crippen molar-refractivity contribution in [3.05, 3.63) is 42.2 Å². The SMILES string of the molecule is Cn1c(C(=O)O)cc2cccc(Oc3ccnc(NC4CC4)n3)c21. The van der Waals surface area contributed by atoms with Gasteiger partial charge in [0.05, 0.1) is 5.52 Å². The van der Waals surface area contributed by atoms with Gasteiger partial charge in [-0.2, -0.15) is 4.98 Å². The Kier molecular flexibility index (Phi) is 3.34. The summed E-state index contributed by atoms with van der Waals surface area (Å²) >= 11 is 0. The smallest absolute Gasteiger partial charge is 0.352 e. The Balaban J connectivity index is 1.70. The van der Waals surface area contributed by atoms with Crippen LogP contribution in [0.15, 0.2) is 36.5 Å². The van der Waals surface area contributed by atoms with Gasteiger partial charge in [-0.05, 0) is 25.0 Å². The van der Waals surface area contributed by atoms with Crippen LogP contribution < -0.4 is 10.1 Å². The molecule has 0 unspecified atom stereocenters. The summed E-state index contributed by atoms with van der Waals surface area (Å²) in [5.74, 6) is 0.537. The minimum absolute atomic E-state index is 0.208. The van der Waals surface area contributed by atoms with Gasteiger partial charge < -0.3 is 19.7 Å². The first-order valence-electron chi connectivity index (χ1n) is 7.71. The van der Waals surface area contributed by atoms with Crippen LogP contribution in [0, 0.1) is 0 Å². The number of anilines is 1. The van der Waals surface area contributed by atoms with Crippen LogP contribution in [0.1, 0.15) is 23.3 Å². The maximum Gasteiger partial charge on any atom is 0.352 e. The average molecular weight is 324 g/mol. The molecule has 2 N–H and O–H groups in total. The lowest BCUT2D eigenvalue weighted by Gasteiger charge is -2.09. The zero-order chi connectivity index (χ0) is 16.7. The monoisotopic (exact) mass is 324 g/mol. The zero-order valence-corrected chi connectivity index (χ0v) is 13.1. The fourth-order valence-electron chi connectivity index (χ4n) is 2.66. The third-order valence-corrected chi connectivity index (χ3v) is 3.99. The minimum Gasteiger partial charge on any atom is -0.477 e. The number of nitrogens with one attached hydrogen (secondary N) is 1. The van der Waals surface area contributed by atoms with Gasteiger partial charge in [0.1, 0.15) is 5.69 Å². The first kappa shape index (κ1) is 14.5. The molecule has 4 rings (SSSR count). The summed E-state index contributed by atoms with van der Waals surface area (Å²) < 4.78 is 7.51. The van der Waals surface area contributed by atoms with Crippen LogP contribution >= 0.6 is 0 Å². The Morgan fingerprint density at radius 1 is 1.38 bits per heavy atom. The van der Waals surface area contributed by atoms with E-state index >= 15 is 0 Å². The van der Waals surface area contributed by atoms with E-state index in [9.17, 15) is 9.90 Å². The first-order chi connectivity index (χ1) is 11.6. The number of hydrogen-bond acceptors (Lipinski definition) is 5. The molecule has 122 valence electrons. The predicted octanol–water partition coefficient (Wildman–Crippen LogP) is 3.03. The van der Waals surface area contributed by atoms with Gasteiger partial charge >= 0.3 is 5.97 Å². The van der Waals surface area contributed by atoms with Crippen LogP contribution in [0.3, 0.4) is 0 Å². The molecule has 0 saturated heterocycles. The van der Waals surface area contributed by atoms with Crippen molar-refractivity contribution in [2.24, 2.45) is 7.05 Å². The maximum atomic E-state index is 11.3. The second-order valence-corrected chi connectivity index (χ2v) is 5.83. The number of rotatable bonds is 5. The van der Waals surface area contributed by atoms with Crippen LogP contribution in [0.25, 0.3) is 10.9 Å². The van der Waals surface area contributed by atoms with Crippen LogP contribution in [0.4, 0.5) is 5.95 Å². The lowest BCUT2D eigenvalue weighted by atomic mass is 10.2. The fourth-order valence-corrected chi connectivity index (χ4v) is 2.66.